The Balaban J connectivity index is 2.13. The lowest BCUT2D eigenvalue weighted by atomic mass is 9.84. The van der Waals surface area contributed by atoms with Crippen molar-refractivity contribution >= 4 is 23.1 Å². The molecule has 2 aliphatic carbocycles. The van der Waals surface area contributed by atoms with Crippen LogP contribution in [0.25, 0.3) is 0 Å². The molecule has 96 valence electrons. The summed E-state index contributed by atoms with van der Waals surface area (Å²) >= 11 is 5.17. The Morgan fingerprint density at radius 1 is 1.24 bits per heavy atom. The van der Waals surface area contributed by atoms with E-state index in [1.807, 2.05) is 11.9 Å². The number of carbonyl (C=O) groups excluding carboxylic acids is 1. The van der Waals surface area contributed by atoms with Gasteiger partial charge in [0.2, 0.25) is 5.91 Å². The Kier molecular flexibility index (Phi) is 3.71. The summed E-state index contributed by atoms with van der Waals surface area (Å²) < 4.78 is 0. The first-order valence-corrected chi connectivity index (χ1v) is 7.06. The van der Waals surface area contributed by atoms with Gasteiger partial charge in [-0.3, -0.25) is 4.79 Å². The fourth-order valence-electron chi connectivity index (χ4n) is 3.34. The molecule has 17 heavy (non-hydrogen) atoms. The summed E-state index contributed by atoms with van der Waals surface area (Å²) in [6.45, 7) is 0. The van der Waals surface area contributed by atoms with Crippen molar-refractivity contribution < 1.29 is 4.79 Å². The average molecular weight is 254 g/mol. The summed E-state index contributed by atoms with van der Waals surface area (Å²) in [6, 6.07) is 0.411. The number of amides is 1. The normalized spacial score (nSPS) is 23.8. The first kappa shape index (κ1) is 12.8. The van der Waals surface area contributed by atoms with Crippen LogP contribution in [0.3, 0.4) is 0 Å². The predicted octanol–water partition coefficient (Wildman–Crippen LogP) is 2.23. The summed E-state index contributed by atoms with van der Waals surface area (Å²) in [7, 11) is 1.93. The van der Waals surface area contributed by atoms with Crippen molar-refractivity contribution in [3.63, 3.8) is 0 Å². The minimum atomic E-state index is -0.521. The number of carbonyl (C=O) groups is 1. The number of nitrogens with zero attached hydrogens (tertiary/aromatic N) is 1. The van der Waals surface area contributed by atoms with Crippen molar-refractivity contribution in [1.82, 2.24) is 4.90 Å². The molecule has 2 saturated carbocycles. The molecule has 0 spiro atoms. The topological polar surface area (TPSA) is 46.3 Å². The SMILES string of the molecule is CN(C(=O)C1(C(N)=S)CCCC1)C1CCCC1. The highest BCUT2D eigenvalue weighted by atomic mass is 32.1. The van der Waals surface area contributed by atoms with E-state index in [0.29, 0.717) is 11.0 Å². The molecular weight excluding hydrogens is 232 g/mol. The molecule has 0 bridgehead atoms. The van der Waals surface area contributed by atoms with Gasteiger partial charge >= 0.3 is 0 Å². The maximum absolute atomic E-state index is 12.7. The van der Waals surface area contributed by atoms with Gasteiger partial charge in [0.25, 0.3) is 0 Å². The minimum Gasteiger partial charge on any atom is -0.392 e. The highest BCUT2D eigenvalue weighted by molar-refractivity contribution is 7.80. The zero-order chi connectivity index (χ0) is 12.5. The van der Waals surface area contributed by atoms with E-state index >= 15 is 0 Å². The molecule has 2 fully saturated rings. The second-order valence-corrected chi connectivity index (χ2v) is 5.95. The molecule has 0 aliphatic heterocycles. The highest BCUT2D eigenvalue weighted by Gasteiger charge is 2.46. The van der Waals surface area contributed by atoms with E-state index in [4.69, 9.17) is 18.0 Å². The van der Waals surface area contributed by atoms with E-state index in [1.54, 1.807) is 0 Å². The van der Waals surface area contributed by atoms with Gasteiger partial charge in [-0.2, -0.15) is 0 Å². The van der Waals surface area contributed by atoms with Gasteiger partial charge in [0.15, 0.2) is 0 Å². The molecule has 1 amide bonds. The Morgan fingerprint density at radius 3 is 2.24 bits per heavy atom. The second kappa shape index (κ2) is 4.92. The van der Waals surface area contributed by atoms with Crippen molar-refractivity contribution in [3.05, 3.63) is 0 Å². The standard InChI is InChI=1S/C13H22N2OS/c1-15(10-6-2-3-7-10)12(16)13(11(14)17)8-4-5-9-13/h10H,2-9H2,1H3,(H2,14,17). The van der Waals surface area contributed by atoms with Gasteiger partial charge in [-0.25, -0.2) is 0 Å². The van der Waals surface area contributed by atoms with E-state index in [0.717, 1.165) is 38.5 Å². The summed E-state index contributed by atoms with van der Waals surface area (Å²) in [4.78, 5) is 15.0. The monoisotopic (exact) mass is 254 g/mol. The van der Waals surface area contributed by atoms with Gasteiger partial charge in [0.1, 0.15) is 0 Å². The predicted molar refractivity (Wildman–Crippen MR) is 72.7 cm³/mol. The van der Waals surface area contributed by atoms with Crippen molar-refractivity contribution in [2.75, 3.05) is 7.05 Å². The van der Waals surface area contributed by atoms with Gasteiger partial charge in [-0.1, -0.05) is 37.9 Å². The molecule has 0 heterocycles. The number of rotatable bonds is 3. The quantitative estimate of drug-likeness (QED) is 0.786. The van der Waals surface area contributed by atoms with Crippen molar-refractivity contribution in [2.24, 2.45) is 11.1 Å². The number of hydrogen-bond acceptors (Lipinski definition) is 2. The van der Waals surface area contributed by atoms with E-state index < -0.39 is 5.41 Å². The number of nitrogens with two attached hydrogens (primary N) is 1. The maximum Gasteiger partial charge on any atom is 0.235 e. The third-order valence-corrected chi connectivity index (χ3v) is 4.92. The van der Waals surface area contributed by atoms with Crippen molar-refractivity contribution in [2.45, 2.75) is 57.4 Å². The Morgan fingerprint density at radius 2 is 1.76 bits per heavy atom. The zero-order valence-electron chi connectivity index (χ0n) is 10.6. The molecule has 2 rings (SSSR count). The molecule has 0 atom stereocenters. The van der Waals surface area contributed by atoms with Crippen LogP contribution in [0.2, 0.25) is 0 Å². The van der Waals surface area contributed by atoms with Crippen LogP contribution in [-0.2, 0) is 4.79 Å². The lowest BCUT2D eigenvalue weighted by Crippen LogP contribution is -2.50. The molecule has 0 aromatic carbocycles. The first-order valence-electron chi connectivity index (χ1n) is 6.65. The third-order valence-electron chi connectivity index (χ3n) is 4.53. The van der Waals surface area contributed by atoms with Gasteiger partial charge in [0, 0.05) is 13.1 Å². The first-order chi connectivity index (χ1) is 8.08. The summed E-state index contributed by atoms with van der Waals surface area (Å²) in [6.07, 6.45) is 8.58. The van der Waals surface area contributed by atoms with E-state index in [2.05, 4.69) is 0 Å². The van der Waals surface area contributed by atoms with Crippen LogP contribution in [0.4, 0.5) is 0 Å². The Bertz CT molecular complexity index is 317. The molecule has 4 heteroatoms. The number of hydrogen-bond donors (Lipinski definition) is 1. The van der Waals surface area contributed by atoms with Gasteiger partial charge in [-0.15, -0.1) is 0 Å². The largest absolute Gasteiger partial charge is 0.392 e. The molecule has 0 unspecified atom stereocenters. The molecule has 2 aliphatic rings. The van der Waals surface area contributed by atoms with E-state index in [1.165, 1.54) is 12.8 Å². The summed E-state index contributed by atoms with van der Waals surface area (Å²) in [5.41, 5.74) is 5.33. The highest BCUT2D eigenvalue weighted by Crippen LogP contribution is 2.41. The fraction of sp³-hybridized carbons (Fsp3) is 0.846. The van der Waals surface area contributed by atoms with Gasteiger partial charge in [-0.05, 0) is 25.7 Å². The second-order valence-electron chi connectivity index (χ2n) is 5.51. The molecule has 0 radical (unpaired) electrons. The average Bonchev–Trinajstić information content (AvgIpc) is 2.98. The third kappa shape index (κ3) is 2.19. The minimum absolute atomic E-state index is 0.175. The summed E-state index contributed by atoms with van der Waals surface area (Å²) in [5.74, 6) is 0.175. The lowest BCUT2D eigenvalue weighted by molar-refractivity contribution is -0.138. The molecule has 2 N–H and O–H groups in total. The Labute approximate surface area is 109 Å². The van der Waals surface area contributed by atoms with Crippen LogP contribution in [0.5, 0.6) is 0 Å². The van der Waals surface area contributed by atoms with E-state index in [9.17, 15) is 4.79 Å². The molecule has 0 saturated heterocycles. The smallest absolute Gasteiger partial charge is 0.235 e. The molecule has 0 aromatic rings. The molecule has 3 nitrogen and oxygen atoms in total. The van der Waals surface area contributed by atoms with Gasteiger partial charge in [0.05, 0.1) is 10.4 Å². The summed E-state index contributed by atoms with van der Waals surface area (Å²) in [5, 5.41) is 0. The Hall–Kier alpha value is -0.640. The maximum atomic E-state index is 12.7. The van der Waals surface area contributed by atoms with Crippen LogP contribution >= 0.6 is 12.2 Å². The van der Waals surface area contributed by atoms with Crippen LogP contribution in [0, 0.1) is 5.41 Å². The van der Waals surface area contributed by atoms with Gasteiger partial charge < -0.3 is 10.6 Å². The zero-order valence-corrected chi connectivity index (χ0v) is 11.4. The lowest BCUT2D eigenvalue weighted by Gasteiger charge is -2.34. The van der Waals surface area contributed by atoms with Crippen LogP contribution < -0.4 is 5.73 Å². The van der Waals surface area contributed by atoms with Crippen molar-refractivity contribution in [3.8, 4) is 0 Å². The fourth-order valence-corrected chi connectivity index (χ4v) is 3.63. The van der Waals surface area contributed by atoms with Crippen LogP contribution in [0.15, 0.2) is 0 Å². The van der Waals surface area contributed by atoms with Crippen molar-refractivity contribution in [1.29, 1.82) is 0 Å². The van der Waals surface area contributed by atoms with E-state index in [-0.39, 0.29) is 5.91 Å². The molecular formula is C13H22N2OS. The van der Waals surface area contributed by atoms with Crippen LogP contribution in [-0.4, -0.2) is 28.9 Å². The molecule has 0 aromatic heterocycles. The van der Waals surface area contributed by atoms with Crippen LogP contribution in [0.1, 0.15) is 51.4 Å². The number of thiocarbonyl (C=S) groups is 1.